The molecule has 2 aliphatic rings. The van der Waals surface area contributed by atoms with E-state index in [4.69, 9.17) is 0 Å². The van der Waals surface area contributed by atoms with Crippen molar-refractivity contribution in [3.8, 4) is 0 Å². The van der Waals surface area contributed by atoms with Crippen molar-refractivity contribution in [2.75, 3.05) is 19.0 Å². The van der Waals surface area contributed by atoms with Crippen molar-refractivity contribution in [2.24, 2.45) is 11.8 Å². The van der Waals surface area contributed by atoms with Crippen LogP contribution in [0.4, 0.5) is 5.69 Å². The number of carbonyl (C=O) groups excluding carboxylic acids is 4. The Hall–Kier alpha value is -2.96. The Kier molecular flexibility index (Phi) is 5.16. The molecule has 1 aromatic carbocycles. The molecule has 1 aliphatic carbocycles. The Balaban J connectivity index is 1.53. The Morgan fingerprint density at radius 2 is 1.65 bits per heavy atom. The normalized spacial score (nSPS) is 21.5. The molecule has 0 radical (unpaired) electrons. The number of esters is 1. The van der Waals surface area contributed by atoms with E-state index in [1.807, 2.05) is 12.2 Å². The average molecular weight is 356 g/mol. The number of rotatable bonds is 5. The lowest BCUT2D eigenvalue weighted by molar-refractivity contribution is -0.140. The molecule has 0 unspecified atom stereocenters. The van der Waals surface area contributed by atoms with Crippen LogP contribution in [0, 0.1) is 11.8 Å². The number of ether oxygens (including phenoxy) is 1. The highest BCUT2D eigenvalue weighted by Crippen LogP contribution is 2.35. The minimum atomic E-state index is -0.454. The molecular weight excluding hydrogens is 336 g/mol. The highest BCUT2D eigenvalue weighted by atomic mass is 16.5. The maximum atomic E-state index is 12.3. The molecule has 7 heteroatoms. The number of hydrogen-bond donors (Lipinski definition) is 1. The molecule has 3 amide bonds. The first-order chi connectivity index (χ1) is 12.5. The van der Waals surface area contributed by atoms with Gasteiger partial charge in [0.05, 0.1) is 24.5 Å². The molecule has 1 fully saturated rings. The number of carbonyl (C=O) groups is 4. The number of benzene rings is 1. The molecule has 3 rings (SSSR count). The minimum absolute atomic E-state index is 0.0309. The number of nitrogens with one attached hydrogen (secondary N) is 1. The number of amides is 3. The van der Waals surface area contributed by atoms with Gasteiger partial charge >= 0.3 is 5.97 Å². The summed E-state index contributed by atoms with van der Waals surface area (Å²) in [4.78, 5) is 49.4. The lowest BCUT2D eigenvalue weighted by Crippen LogP contribution is -2.34. The molecule has 1 saturated heterocycles. The van der Waals surface area contributed by atoms with Gasteiger partial charge in [-0.1, -0.05) is 12.2 Å². The molecule has 7 nitrogen and oxygen atoms in total. The van der Waals surface area contributed by atoms with Crippen LogP contribution < -0.4 is 5.32 Å². The van der Waals surface area contributed by atoms with E-state index < -0.39 is 5.97 Å². The van der Waals surface area contributed by atoms with Crippen molar-refractivity contribution in [3.05, 3.63) is 42.0 Å². The van der Waals surface area contributed by atoms with Gasteiger partial charge in [-0.15, -0.1) is 0 Å². The Morgan fingerprint density at radius 1 is 1.08 bits per heavy atom. The fourth-order valence-corrected chi connectivity index (χ4v) is 3.33. The number of methoxy groups -OCH3 is 1. The first-order valence-electron chi connectivity index (χ1n) is 8.49. The van der Waals surface area contributed by atoms with Crippen molar-refractivity contribution in [1.29, 1.82) is 0 Å². The molecule has 2 atom stereocenters. The van der Waals surface area contributed by atoms with Gasteiger partial charge in [0.15, 0.2) is 0 Å². The number of nitrogens with zero attached hydrogens (tertiary/aromatic N) is 1. The SMILES string of the molecule is COC(=O)c1ccc(NC(=O)CCN2C(=O)[C@@H]3CC=CC[C@H]3C2=O)cc1. The van der Waals surface area contributed by atoms with E-state index in [2.05, 4.69) is 10.1 Å². The largest absolute Gasteiger partial charge is 0.465 e. The highest BCUT2D eigenvalue weighted by molar-refractivity contribution is 6.05. The van der Waals surface area contributed by atoms with Crippen LogP contribution in [0.5, 0.6) is 0 Å². The van der Waals surface area contributed by atoms with Gasteiger partial charge < -0.3 is 10.1 Å². The summed E-state index contributed by atoms with van der Waals surface area (Å²) in [5.74, 6) is -1.67. The maximum Gasteiger partial charge on any atom is 0.337 e. The Bertz CT molecular complexity index is 743. The van der Waals surface area contributed by atoms with Crippen LogP contribution in [-0.2, 0) is 19.1 Å². The van der Waals surface area contributed by atoms with Crippen LogP contribution >= 0.6 is 0 Å². The second-order valence-corrected chi connectivity index (χ2v) is 6.35. The number of anilines is 1. The van der Waals surface area contributed by atoms with Gasteiger partial charge in [-0.3, -0.25) is 19.3 Å². The standard InChI is InChI=1S/C19H20N2O5/c1-26-19(25)12-6-8-13(9-7-12)20-16(22)10-11-21-17(23)14-4-2-3-5-15(14)18(21)24/h2-3,6-9,14-15H,4-5,10-11H2,1H3,(H,20,22)/t14-,15-/m1/s1. The summed E-state index contributed by atoms with van der Waals surface area (Å²) >= 11 is 0. The molecule has 1 N–H and O–H groups in total. The summed E-state index contributed by atoms with van der Waals surface area (Å²) in [5.41, 5.74) is 0.912. The van der Waals surface area contributed by atoms with Crippen LogP contribution in [0.2, 0.25) is 0 Å². The van der Waals surface area contributed by atoms with Crippen LogP contribution in [0.15, 0.2) is 36.4 Å². The number of imide groups is 1. The molecule has 1 aliphatic heterocycles. The zero-order valence-electron chi connectivity index (χ0n) is 14.4. The van der Waals surface area contributed by atoms with Gasteiger partial charge in [0.2, 0.25) is 17.7 Å². The van der Waals surface area contributed by atoms with Gasteiger partial charge in [0.25, 0.3) is 0 Å². The summed E-state index contributed by atoms with van der Waals surface area (Å²) in [6.07, 6.45) is 5.07. The summed E-state index contributed by atoms with van der Waals surface area (Å²) in [6.45, 7) is 0.0801. The van der Waals surface area contributed by atoms with E-state index in [9.17, 15) is 19.2 Å². The number of allylic oxidation sites excluding steroid dienone is 2. The average Bonchev–Trinajstić information content (AvgIpc) is 2.91. The first kappa shape index (κ1) is 17.8. The van der Waals surface area contributed by atoms with Crippen LogP contribution in [0.1, 0.15) is 29.6 Å². The van der Waals surface area contributed by atoms with Gasteiger partial charge in [-0.2, -0.15) is 0 Å². The molecule has 1 heterocycles. The molecule has 0 spiro atoms. The monoisotopic (exact) mass is 356 g/mol. The van der Waals surface area contributed by atoms with Gasteiger partial charge in [0, 0.05) is 18.7 Å². The van der Waals surface area contributed by atoms with E-state index in [0.29, 0.717) is 24.1 Å². The Morgan fingerprint density at radius 3 is 2.19 bits per heavy atom. The second kappa shape index (κ2) is 7.51. The topological polar surface area (TPSA) is 92.8 Å². The number of likely N-dealkylation sites (tertiary alicyclic amines) is 1. The van der Waals surface area contributed by atoms with Gasteiger partial charge in [-0.25, -0.2) is 4.79 Å². The molecular formula is C19H20N2O5. The Labute approximate surface area is 151 Å². The third kappa shape index (κ3) is 3.51. The third-order valence-electron chi connectivity index (χ3n) is 4.75. The lowest BCUT2D eigenvalue weighted by Gasteiger charge is -2.14. The molecule has 26 heavy (non-hydrogen) atoms. The second-order valence-electron chi connectivity index (χ2n) is 6.35. The van der Waals surface area contributed by atoms with Crippen molar-refractivity contribution in [3.63, 3.8) is 0 Å². The van der Waals surface area contributed by atoms with Gasteiger partial charge in [-0.05, 0) is 37.1 Å². The van der Waals surface area contributed by atoms with Crippen LogP contribution in [0.25, 0.3) is 0 Å². The first-order valence-corrected chi connectivity index (χ1v) is 8.49. The fourth-order valence-electron chi connectivity index (χ4n) is 3.33. The lowest BCUT2D eigenvalue weighted by atomic mass is 9.85. The molecule has 136 valence electrons. The van der Waals surface area contributed by atoms with Crippen LogP contribution in [0.3, 0.4) is 0 Å². The fraction of sp³-hybridized carbons (Fsp3) is 0.368. The van der Waals surface area contributed by atoms with Crippen LogP contribution in [-0.4, -0.2) is 42.2 Å². The predicted molar refractivity (Wildman–Crippen MR) is 93.1 cm³/mol. The van der Waals surface area contributed by atoms with E-state index in [-0.39, 0.29) is 42.5 Å². The van der Waals surface area contributed by atoms with Crippen molar-refractivity contribution in [1.82, 2.24) is 4.90 Å². The summed E-state index contributed by atoms with van der Waals surface area (Å²) in [6, 6.07) is 6.28. The molecule has 0 bridgehead atoms. The quantitative estimate of drug-likeness (QED) is 0.493. The predicted octanol–water partition coefficient (Wildman–Crippen LogP) is 1.75. The summed E-state index contributed by atoms with van der Waals surface area (Å²) in [7, 11) is 1.30. The van der Waals surface area contributed by atoms with Crippen molar-refractivity contribution < 1.29 is 23.9 Å². The van der Waals surface area contributed by atoms with E-state index in [1.54, 1.807) is 24.3 Å². The third-order valence-corrected chi connectivity index (χ3v) is 4.75. The number of fused-ring (bicyclic) bond motifs is 1. The van der Waals surface area contributed by atoms with Crippen molar-refractivity contribution in [2.45, 2.75) is 19.3 Å². The zero-order valence-corrected chi connectivity index (χ0v) is 14.4. The number of hydrogen-bond acceptors (Lipinski definition) is 5. The summed E-state index contributed by atoms with van der Waals surface area (Å²) in [5, 5.41) is 2.69. The molecule has 0 aromatic heterocycles. The molecule has 0 saturated carbocycles. The zero-order chi connectivity index (χ0) is 18.7. The van der Waals surface area contributed by atoms with Gasteiger partial charge in [0.1, 0.15) is 0 Å². The van der Waals surface area contributed by atoms with Crippen molar-refractivity contribution >= 4 is 29.4 Å². The minimum Gasteiger partial charge on any atom is -0.465 e. The van der Waals surface area contributed by atoms with E-state index in [1.165, 1.54) is 12.0 Å². The van der Waals surface area contributed by atoms with E-state index in [0.717, 1.165) is 0 Å². The highest BCUT2D eigenvalue weighted by Gasteiger charge is 2.46. The molecule has 1 aromatic rings. The summed E-state index contributed by atoms with van der Waals surface area (Å²) < 4.78 is 4.61. The smallest absolute Gasteiger partial charge is 0.337 e. The maximum absolute atomic E-state index is 12.3. The van der Waals surface area contributed by atoms with E-state index >= 15 is 0 Å².